The second kappa shape index (κ2) is 8.36. The van der Waals surface area contributed by atoms with Gasteiger partial charge in [-0.3, -0.25) is 9.36 Å². The molecule has 0 spiro atoms. The molecule has 0 bridgehead atoms. The van der Waals surface area contributed by atoms with Gasteiger partial charge in [0.15, 0.2) is 0 Å². The third kappa shape index (κ3) is 3.70. The Bertz CT molecular complexity index is 1540. The number of rotatable bonds is 5. The van der Waals surface area contributed by atoms with E-state index in [9.17, 15) is 4.79 Å². The highest BCUT2D eigenvalue weighted by molar-refractivity contribution is 6.35. The van der Waals surface area contributed by atoms with Crippen LogP contribution < -0.4 is 22.3 Å². The number of aryl methyl sites for hydroxylation is 1. The predicted octanol–water partition coefficient (Wildman–Crippen LogP) is 5.02. The van der Waals surface area contributed by atoms with Crippen molar-refractivity contribution in [1.82, 2.24) is 14.5 Å². The summed E-state index contributed by atoms with van der Waals surface area (Å²) in [5.74, 6) is 0.485. The number of nitrogen functional groups attached to an aromatic ring is 2. The van der Waals surface area contributed by atoms with E-state index in [2.05, 4.69) is 20.1 Å². The lowest BCUT2D eigenvalue weighted by Crippen LogP contribution is -2.28. The van der Waals surface area contributed by atoms with Gasteiger partial charge in [-0.15, -0.1) is 0 Å². The third-order valence-corrected chi connectivity index (χ3v) is 6.44. The van der Waals surface area contributed by atoms with Crippen LogP contribution in [-0.4, -0.2) is 14.5 Å². The van der Waals surface area contributed by atoms with Crippen molar-refractivity contribution in [2.45, 2.75) is 25.8 Å². The first kappa shape index (κ1) is 21.7. The van der Waals surface area contributed by atoms with Crippen LogP contribution in [0.5, 0.6) is 0 Å². The van der Waals surface area contributed by atoms with Crippen molar-refractivity contribution in [3.8, 4) is 5.69 Å². The van der Waals surface area contributed by atoms with Gasteiger partial charge >= 0.3 is 0 Å². The van der Waals surface area contributed by atoms with Gasteiger partial charge in [0.1, 0.15) is 11.6 Å². The maximum atomic E-state index is 13.9. The largest absolute Gasteiger partial charge is 0.392 e. The number of halogens is 1. The van der Waals surface area contributed by atoms with Crippen molar-refractivity contribution in [2.75, 3.05) is 16.8 Å². The number of nitrogens with one attached hydrogen (secondary N) is 1. The standard InChI is InChI=1S/C25H22ClN7O/c1-13-6-3-4-9-17(13)33-18(12-15-7-5-8-16(26)19(15)24(33)34)20(14-10-11-14)30-23-21(29-2)22(27)31-25(28)32-23/h3-9,12,14,20H,10-11H2,1H3,(H5,27,28,30,31,32)/t20-/m0/s1. The summed E-state index contributed by atoms with van der Waals surface area (Å²) in [5, 5.41) is 4.99. The van der Waals surface area contributed by atoms with Gasteiger partial charge in [0.25, 0.3) is 11.2 Å². The van der Waals surface area contributed by atoms with Crippen molar-refractivity contribution in [3.05, 3.63) is 86.6 Å². The highest BCUT2D eigenvalue weighted by Gasteiger charge is 2.36. The molecule has 5 N–H and O–H groups in total. The molecule has 1 aliphatic rings. The normalized spacial score (nSPS) is 14.0. The van der Waals surface area contributed by atoms with Crippen LogP contribution in [0.3, 0.4) is 0 Å². The van der Waals surface area contributed by atoms with E-state index in [1.54, 1.807) is 10.6 Å². The molecule has 2 aromatic heterocycles. The summed E-state index contributed by atoms with van der Waals surface area (Å²) >= 11 is 6.47. The molecule has 8 nitrogen and oxygen atoms in total. The van der Waals surface area contributed by atoms with Crippen LogP contribution in [0.2, 0.25) is 5.02 Å². The second-order valence-corrected chi connectivity index (χ2v) is 8.84. The second-order valence-electron chi connectivity index (χ2n) is 8.44. The number of fused-ring (bicyclic) bond motifs is 1. The van der Waals surface area contributed by atoms with Crippen LogP contribution in [0.1, 0.15) is 30.1 Å². The molecule has 1 atom stereocenters. The van der Waals surface area contributed by atoms with Crippen molar-refractivity contribution in [1.29, 1.82) is 0 Å². The number of nitrogens with two attached hydrogens (primary N) is 2. The van der Waals surface area contributed by atoms with Crippen LogP contribution in [0, 0.1) is 19.4 Å². The minimum absolute atomic E-state index is 0.0149. The lowest BCUT2D eigenvalue weighted by molar-refractivity contribution is 0.633. The van der Waals surface area contributed by atoms with Crippen molar-refractivity contribution in [2.24, 2.45) is 5.92 Å². The Labute approximate surface area is 201 Å². The zero-order valence-electron chi connectivity index (χ0n) is 18.4. The molecule has 0 radical (unpaired) electrons. The van der Waals surface area contributed by atoms with Gasteiger partial charge in [0.2, 0.25) is 5.95 Å². The molecule has 2 aromatic carbocycles. The molecule has 0 aliphatic heterocycles. The van der Waals surface area contributed by atoms with E-state index < -0.39 is 0 Å². The lowest BCUT2D eigenvalue weighted by Gasteiger charge is -2.26. The molecule has 34 heavy (non-hydrogen) atoms. The zero-order chi connectivity index (χ0) is 24.0. The Kier molecular flexibility index (Phi) is 5.34. The Morgan fingerprint density at radius 2 is 1.94 bits per heavy atom. The van der Waals surface area contributed by atoms with Crippen LogP contribution in [-0.2, 0) is 0 Å². The summed E-state index contributed by atoms with van der Waals surface area (Å²) in [6.45, 7) is 9.52. The SMILES string of the molecule is [C-]#[N+]c1c(N)nc(N)nc1N[C@H](c1cc2cccc(Cl)c2c(=O)n1-c1ccccc1C)C1CC1. The number of hydrogen-bond donors (Lipinski definition) is 3. The average Bonchev–Trinajstić information content (AvgIpc) is 3.63. The van der Waals surface area contributed by atoms with Crippen LogP contribution in [0.15, 0.2) is 53.3 Å². The summed E-state index contributed by atoms with van der Waals surface area (Å²) in [5.41, 5.74) is 14.1. The molecule has 1 fully saturated rings. The molecule has 2 heterocycles. The summed E-state index contributed by atoms with van der Waals surface area (Å²) in [6.07, 6.45) is 1.94. The van der Waals surface area contributed by atoms with E-state index >= 15 is 0 Å². The van der Waals surface area contributed by atoms with Crippen LogP contribution >= 0.6 is 11.6 Å². The van der Waals surface area contributed by atoms with E-state index in [0.717, 1.165) is 35.2 Å². The van der Waals surface area contributed by atoms with Gasteiger partial charge in [-0.2, -0.15) is 0 Å². The number of nitrogens with zero attached hydrogens (tertiary/aromatic N) is 4. The first-order valence-corrected chi connectivity index (χ1v) is 11.2. The molecule has 9 heteroatoms. The van der Waals surface area contributed by atoms with E-state index in [1.165, 1.54) is 0 Å². The number of pyridine rings is 1. The molecule has 0 unspecified atom stereocenters. The molecular weight excluding hydrogens is 450 g/mol. The van der Waals surface area contributed by atoms with Gasteiger partial charge in [-0.05, 0) is 54.8 Å². The lowest BCUT2D eigenvalue weighted by atomic mass is 10.0. The third-order valence-electron chi connectivity index (χ3n) is 6.13. The highest BCUT2D eigenvalue weighted by Crippen LogP contribution is 2.45. The van der Waals surface area contributed by atoms with Gasteiger partial charge in [-0.25, -0.2) is 14.8 Å². The Morgan fingerprint density at radius 3 is 2.65 bits per heavy atom. The molecule has 1 saturated carbocycles. The van der Waals surface area contributed by atoms with E-state index in [-0.39, 0.29) is 40.8 Å². The van der Waals surface area contributed by atoms with Gasteiger partial charge in [-0.1, -0.05) is 41.9 Å². The minimum atomic E-state index is -0.315. The monoisotopic (exact) mass is 471 g/mol. The molecule has 170 valence electrons. The molecule has 5 rings (SSSR count). The number of para-hydroxylation sites is 1. The van der Waals surface area contributed by atoms with E-state index in [0.29, 0.717) is 10.4 Å². The molecule has 4 aromatic rings. The predicted molar refractivity (Wildman–Crippen MR) is 135 cm³/mol. The summed E-state index contributed by atoms with van der Waals surface area (Å²) in [7, 11) is 0. The minimum Gasteiger partial charge on any atom is -0.392 e. The van der Waals surface area contributed by atoms with Crippen LogP contribution in [0.25, 0.3) is 21.3 Å². The number of benzene rings is 2. The maximum absolute atomic E-state index is 13.9. The average molecular weight is 472 g/mol. The van der Waals surface area contributed by atoms with E-state index in [1.807, 2.05) is 49.4 Å². The summed E-state index contributed by atoms with van der Waals surface area (Å²) < 4.78 is 1.71. The number of aromatic nitrogens is 3. The Morgan fingerprint density at radius 1 is 1.18 bits per heavy atom. The first-order valence-electron chi connectivity index (χ1n) is 10.9. The highest BCUT2D eigenvalue weighted by atomic mass is 35.5. The van der Waals surface area contributed by atoms with Crippen molar-refractivity contribution in [3.63, 3.8) is 0 Å². The molecule has 0 amide bonds. The maximum Gasteiger partial charge on any atom is 0.268 e. The summed E-state index contributed by atoms with van der Waals surface area (Å²) in [4.78, 5) is 25.6. The fourth-order valence-electron chi connectivity index (χ4n) is 4.34. The smallest absolute Gasteiger partial charge is 0.268 e. The Hall–Kier alpha value is -4.09. The van der Waals surface area contributed by atoms with Crippen molar-refractivity contribution < 1.29 is 0 Å². The van der Waals surface area contributed by atoms with Crippen molar-refractivity contribution >= 4 is 45.6 Å². The first-order chi connectivity index (χ1) is 16.4. The van der Waals surface area contributed by atoms with E-state index in [4.69, 9.17) is 29.6 Å². The number of hydrogen-bond acceptors (Lipinski definition) is 6. The molecule has 0 saturated heterocycles. The van der Waals surface area contributed by atoms with Gasteiger partial charge in [0.05, 0.1) is 28.7 Å². The summed E-state index contributed by atoms with van der Waals surface area (Å²) in [6, 6.07) is 14.8. The zero-order valence-corrected chi connectivity index (χ0v) is 19.2. The molecule has 1 aliphatic carbocycles. The quantitative estimate of drug-likeness (QED) is 0.352. The fraction of sp³-hybridized carbons (Fsp3) is 0.200. The van der Waals surface area contributed by atoms with Gasteiger partial charge in [0, 0.05) is 5.69 Å². The topological polar surface area (TPSA) is 116 Å². The molecular formula is C25H22ClN7O. The fourth-order valence-corrected chi connectivity index (χ4v) is 4.61. The van der Waals surface area contributed by atoms with Crippen LogP contribution in [0.4, 0.5) is 23.3 Å². The Balaban J connectivity index is 1.79. The van der Waals surface area contributed by atoms with Gasteiger partial charge < -0.3 is 16.8 Å². The number of anilines is 3.